The Labute approximate surface area is 189 Å². The topological polar surface area (TPSA) is 79.1 Å². The average Bonchev–Trinajstić information content (AvgIpc) is 3.51. The molecular formula is C24H33N7O. The Morgan fingerprint density at radius 2 is 2.00 bits per heavy atom. The molecule has 3 heterocycles. The van der Waals surface area contributed by atoms with E-state index in [1.54, 1.807) is 7.11 Å². The molecule has 1 aliphatic rings. The van der Waals surface area contributed by atoms with E-state index in [9.17, 15) is 0 Å². The van der Waals surface area contributed by atoms with Crippen molar-refractivity contribution in [1.82, 2.24) is 30.1 Å². The lowest BCUT2D eigenvalue weighted by Gasteiger charge is -2.29. The highest BCUT2D eigenvalue weighted by Crippen LogP contribution is 2.27. The second-order valence-corrected chi connectivity index (χ2v) is 8.06. The minimum absolute atomic E-state index is 0.286. The molecule has 1 aliphatic heterocycles. The summed E-state index contributed by atoms with van der Waals surface area (Å²) in [5.41, 5.74) is 2.16. The first kappa shape index (κ1) is 22.1. The normalized spacial score (nSPS) is 15.8. The molecule has 0 radical (unpaired) electrons. The second kappa shape index (κ2) is 10.9. The van der Waals surface area contributed by atoms with Crippen LogP contribution in [-0.2, 0) is 6.42 Å². The number of nitrogens with one attached hydrogen (secondary N) is 2. The highest BCUT2D eigenvalue weighted by Gasteiger charge is 2.24. The summed E-state index contributed by atoms with van der Waals surface area (Å²) >= 11 is 0. The maximum Gasteiger partial charge on any atom is 0.191 e. The zero-order valence-corrected chi connectivity index (χ0v) is 19.0. The van der Waals surface area contributed by atoms with Crippen LogP contribution in [0.3, 0.4) is 0 Å². The molecule has 0 bridgehead atoms. The van der Waals surface area contributed by atoms with Crippen molar-refractivity contribution in [1.29, 1.82) is 0 Å². The van der Waals surface area contributed by atoms with E-state index in [0.29, 0.717) is 0 Å². The van der Waals surface area contributed by atoms with E-state index in [4.69, 9.17) is 4.74 Å². The highest BCUT2D eigenvalue weighted by atomic mass is 16.5. The van der Waals surface area contributed by atoms with E-state index >= 15 is 0 Å². The number of methoxy groups -OCH3 is 1. The molecule has 0 saturated carbocycles. The number of aryl methyl sites for hydroxylation is 1. The number of ether oxygens (including phenoxy) is 1. The zero-order valence-electron chi connectivity index (χ0n) is 19.0. The standard InChI is InChI=1S/C24H33N7O/c1-25-24(26-13-8-12-23-29-28-22-11-3-4-16-31(22)23)27-18-21(30-14-5-6-15-30)19-9-7-10-20(17-19)32-2/h3-4,7,9-11,16-17,21H,5-6,8,12-15,18H2,1-2H3,(H2,25,26,27). The van der Waals surface area contributed by atoms with Gasteiger partial charge in [-0.15, -0.1) is 10.2 Å². The number of guanidine groups is 1. The maximum atomic E-state index is 5.45. The molecular weight excluding hydrogens is 402 g/mol. The lowest BCUT2D eigenvalue weighted by molar-refractivity contribution is 0.245. The Hall–Kier alpha value is -3.13. The van der Waals surface area contributed by atoms with E-state index < -0.39 is 0 Å². The number of rotatable bonds is 9. The molecule has 0 aliphatic carbocycles. The lowest BCUT2D eigenvalue weighted by atomic mass is 10.1. The van der Waals surface area contributed by atoms with Crippen LogP contribution in [0.25, 0.3) is 5.65 Å². The van der Waals surface area contributed by atoms with Crippen molar-refractivity contribution in [3.8, 4) is 5.75 Å². The van der Waals surface area contributed by atoms with Gasteiger partial charge >= 0.3 is 0 Å². The van der Waals surface area contributed by atoms with Gasteiger partial charge in [0.15, 0.2) is 11.6 Å². The number of hydrogen-bond acceptors (Lipinski definition) is 5. The number of nitrogens with zero attached hydrogens (tertiary/aromatic N) is 5. The van der Waals surface area contributed by atoms with E-state index in [2.05, 4.69) is 48.9 Å². The van der Waals surface area contributed by atoms with Crippen LogP contribution in [0.4, 0.5) is 0 Å². The van der Waals surface area contributed by atoms with Crippen molar-refractivity contribution in [2.24, 2.45) is 4.99 Å². The van der Waals surface area contributed by atoms with Gasteiger partial charge in [0.05, 0.1) is 13.2 Å². The van der Waals surface area contributed by atoms with Gasteiger partial charge in [0.1, 0.15) is 11.6 Å². The minimum atomic E-state index is 0.286. The number of fused-ring (bicyclic) bond motifs is 1. The van der Waals surface area contributed by atoms with Crippen LogP contribution < -0.4 is 15.4 Å². The van der Waals surface area contributed by atoms with Crippen LogP contribution in [0.2, 0.25) is 0 Å². The fourth-order valence-corrected chi connectivity index (χ4v) is 4.29. The van der Waals surface area contributed by atoms with E-state index in [1.165, 1.54) is 18.4 Å². The van der Waals surface area contributed by atoms with Crippen molar-refractivity contribution in [3.05, 3.63) is 60.0 Å². The third-order valence-corrected chi connectivity index (χ3v) is 6.00. The predicted octanol–water partition coefficient (Wildman–Crippen LogP) is 2.67. The quantitative estimate of drug-likeness (QED) is 0.306. The number of benzene rings is 1. The average molecular weight is 436 g/mol. The van der Waals surface area contributed by atoms with Gasteiger partial charge in [0, 0.05) is 32.8 Å². The van der Waals surface area contributed by atoms with Gasteiger partial charge in [-0.2, -0.15) is 0 Å². The van der Waals surface area contributed by atoms with Gasteiger partial charge < -0.3 is 15.4 Å². The van der Waals surface area contributed by atoms with Gasteiger partial charge in [-0.25, -0.2) is 0 Å². The predicted molar refractivity (Wildman–Crippen MR) is 127 cm³/mol. The number of aliphatic imine (C=N–C) groups is 1. The molecule has 4 rings (SSSR count). The number of likely N-dealkylation sites (tertiary alicyclic amines) is 1. The molecule has 8 heteroatoms. The zero-order chi connectivity index (χ0) is 22.2. The molecule has 170 valence electrons. The van der Waals surface area contributed by atoms with Gasteiger partial charge in [0.2, 0.25) is 0 Å². The summed E-state index contributed by atoms with van der Waals surface area (Å²) in [5.74, 6) is 2.70. The molecule has 2 N–H and O–H groups in total. The van der Waals surface area contributed by atoms with Crippen LogP contribution in [0.5, 0.6) is 5.75 Å². The third-order valence-electron chi connectivity index (χ3n) is 6.00. The number of aromatic nitrogens is 3. The largest absolute Gasteiger partial charge is 0.497 e. The van der Waals surface area contributed by atoms with Crippen molar-refractivity contribution < 1.29 is 4.74 Å². The number of hydrogen-bond donors (Lipinski definition) is 2. The molecule has 1 fully saturated rings. The first-order chi connectivity index (χ1) is 15.8. The maximum absolute atomic E-state index is 5.45. The van der Waals surface area contributed by atoms with Crippen LogP contribution in [0.15, 0.2) is 53.7 Å². The Kier molecular flexibility index (Phi) is 7.55. The summed E-state index contributed by atoms with van der Waals surface area (Å²) in [4.78, 5) is 6.96. The SMILES string of the molecule is CN=C(NCCCc1nnc2ccccn12)NCC(c1cccc(OC)c1)N1CCCC1. The Balaban J connectivity index is 1.30. The summed E-state index contributed by atoms with van der Waals surface area (Å²) in [5, 5.41) is 15.5. The van der Waals surface area contributed by atoms with Crippen LogP contribution >= 0.6 is 0 Å². The molecule has 8 nitrogen and oxygen atoms in total. The molecule has 32 heavy (non-hydrogen) atoms. The molecule has 1 atom stereocenters. The first-order valence-corrected chi connectivity index (χ1v) is 11.4. The summed E-state index contributed by atoms with van der Waals surface area (Å²) in [7, 11) is 3.54. The molecule has 1 saturated heterocycles. The van der Waals surface area contributed by atoms with Crippen LogP contribution in [-0.4, -0.2) is 65.8 Å². The Morgan fingerprint density at radius 1 is 1.12 bits per heavy atom. The highest BCUT2D eigenvalue weighted by molar-refractivity contribution is 5.79. The summed E-state index contributed by atoms with van der Waals surface area (Å²) < 4.78 is 7.49. The lowest BCUT2D eigenvalue weighted by Crippen LogP contribution is -2.43. The number of pyridine rings is 1. The molecule has 3 aromatic rings. The van der Waals surface area contributed by atoms with E-state index in [1.807, 2.05) is 41.9 Å². The molecule has 1 aromatic carbocycles. The fraction of sp³-hybridized carbons (Fsp3) is 0.458. The summed E-state index contributed by atoms with van der Waals surface area (Å²) in [6.07, 6.45) is 6.32. The van der Waals surface area contributed by atoms with Gasteiger partial charge in [-0.3, -0.25) is 14.3 Å². The molecule has 2 aromatic heterocycles. The van der Waals surface area contributed by atoms with Gasteiger partial charge in [-0.05, 0) is 62.2 Å². The minimum Gasteiger partial charge on any atom is -0.497 e. The van der Waals surface area contributed by atoms with Crippen molar-refractivity contribution >= 4 is 11.6 Å². The third kappa shape index (κ3) is 5.37. The molecule has 0 spiro atoms. The molecule has 0 amide bonds. The van der Waals surface area contributed by atoms with Gasteiger partial charge in [-0.1, -0.05) is 18.2 Å². The Morgan fingerprint density at radius 3 is 2.81 bits per heavy atom. The summed E-state index contributed by atoms with van der Waals surface area (Å²) in [6.45, 7) is 3.86. The Bertz CT molecular complexity index is 1030. The smallest absolute Gasteiger partial charge is 0.191 e. The monoisotopic (exact) mass is 435 g/mol. The fourth-order valence-electron chi connectivity index (χ4n) is 4.29. The second-order valence-electron chi connectivity index (χ2n) is 8.06. The van der Waals surface area contributed by atoms with E-state index in [-0.39, 0.29) is 6.04 Å². The summed E-state index contributed by atoms with van der Waals surface area (Å²) in [6, 6.07) is 14.6. The van der Waals surface area contributed by atoms with Crippen molar-refractivity contribution in [3.63, 3.8) is 0 Å². The van der Waals surface area contributed by atoms with Crippen LogP contribution in [0, 0.1) is 0 Å². The van der Waals surface area contributed by atoms with Gasteiger partial charge in [0.25, 0.3) is 0 Å². The molecule has 1 unspecified atom stereocenters. The van der Waals surface area contributed by atoms with Crippen molar-refractivity contribution in [2.45, 2.75) is 31.7 Å². The van der Waals surface area contributed by atoms with Crippen molar-refractivity contribution in [2.75, 3.05) is 40.3 Å². The van der Waals surface area contributed by atoms with E-state index in [0.717, 1.165) is 62.2 Å². The first-order valence-electron chi connectivity index (χ1n) is 11.4. The van der Waals surface area contributed by atoms with Crippen LogP contribution in [0.1, 0.15) is 36.7 Å².